The lowest BCUT2D eigenvalue weighted by Gasteiger charge is -2.30. The first-order valence-electron chi connectivity index (χ1n) is 7.91. The van der Waals surface area contributed by atoms with Gasteiger partial charge in [-0.15, -0.1) is 0 Å². The first-order chi connectivity index (χ1) is 9.84. The number of carbonyl (C=O) groups is 1. The Hall–Kier alpha value is -1.35. The van der Waals surface area contributed by atoms with Crippen LogP contribution < -0.4 is 5.32 Å². The third kappa shape index (κ3) is 3.04. The Morgan fingerprint density at radius 2 is 1.85 bits per heavy atom. The highest BCUT2D eigenvalue weighted by atomic mass is 16.1. The maximum absolute atomic E-state index is 12.0. The Bertz CT molecular complexity index is 436. The van der Waals surface area contributed by atoms with Gasteiger partial charge in [-0.25, -0.2) is 0 Å². The van der Waals surface area contributed by atoms with E-state index in [1.54, 1.807) is 0 Å². The van der Waals surface area contributed by atoms with Gasteiger partial charge in [0.2, 0.25) is 5.91 Å². The van der Waals surface area contributed by atoms with Gasteiger partial charge >= 0.3 is 0 Å². The number of nitrogens with one attached hydrogen (secondary N) is 1. The van der Waals surface area contributed by atoms with E-state index in [1.807, 2.05) is 0 Å². The summed E-state index contributed by atoms with van der Waals surface area (Å²) < 4.78 is 0. The molecule has 1 saturated heterocycles. The average Bonchev–Trinajstić information content (AvgIpc) is 2.92. The van der Waals surface area contributed by atoms with Gasteiger partial charge < -0.3 is 5.32 Å². The van der Waals surface area contributed by atoms with Gasteiger partial charge in [0.15, 0.2) is 0 Å². The fourth-order valence-electron chi connectivity index (χ4n) is 3.20. The molecule has 1 aromatic carbocycles. The zero-order valence-corrected chi connectivity index (χ0v) is 12.1. The van der Waals surface area contributed by atoms with E-state index >= 15 is 0 Å². The van der Waals surface area contributed by atoms with E-state index in [9.17, 15) is 4.79 Å². The third-order valence-electron chi connectivity index (χ3n) is 4.71. The fraction of sp³-hybridized carbons (Fsp3) is 0.588. The normalized spacial score (nSPS) is 21.4. The predicted octanol–water partition coefficient (Wildman–Crippen LogP) is 2.74. The second-order valence-corrected chi connectivity index (χ2v) is 6.04. The Balaban J connectivity index is 1.64. The summed E-state index contributed by atoms with van der Waals surface area (Å²) in [6, 6.07) is 10.9. The molecule has 20 heavy (non-hydrogen) atoms. The fourth-order valence-corrected chi connectivity index (χ4v) is 3.20. The van der Waals surface area contributed by atoms with Gasteiger partial charge in [0, 0.05) is 12.5 Å². The number of amides is 1. The lowest BCUT2D eigenvalue weighted by atomic mass is 9.85. The number of likely N-dealkylation sites (tertiary alicyclic amines) is 1. The second kappa shape index (κ2) is 6.40. The van der Waals surface area contributed by atoms with Gasteiger partial charge in [0.05, 0.1) is 6.04 Å². The molecule has 0 aromatic heterocycles. The molecule has 3 nitrogen and oxygen atoms in total. The van der Waals surface area contributed by atoms with Crippen LogP contribution in [-0.2, 0) is 4.79 Å². The van der Waals surface area contributed by atoms with E-state index in [-0.39, 0.29) is 11.8 Å². The summed E-state index contributed by atoms with van der Waals surface area (Å²) in [5, 5.41) is 3.18. The number of benzene rings is 1. The summed E-state index contributed by atoms with van der Waals surface area (Å²) in [4.78, 5) is 14.6. The molecular formula is C17H24N2O. The quantitative estimate of drug-likeness (QED) is 0.894. The van der Waals surface area contributed by atoms with E-state index < -0.39 is 0 Å². The van der Waals surface area contributed by atoms with Crippen LogP contribution in [0.2, 0.25) is 0 Å². The molecule has 1 atom stereocenters. The largest absolute Gasteiger partial charge is 0.354 e. The van der Waals surface area contributed by atoms with Gasteiger partial charge in [-0.2, -0.15) is 0 Å². The zero-order valence-electron chi connectivity index (χ0n) is 12.1. The summed E-state index contributed by atoms with van der Waals surface area (Å²) in [6.45, 7) is 3.05. The molecule has 1 heterocycles. The van der Waals surface area contributed by atoms with Crippen LogP contribution in [0.5, 0.6) is 0 Å². The molecule has 0 bridgehead atoms. The van der Waals surface area contributed by atoms with Crippen LogP contribution in [0, 0.1) is 5.92 Å². The molecule has 1 aliphatic heterocycles. The Kier molecular flexibility index (Phi) is 4.36. The summed E-state index contributed by atoms with van der Waals surface area (Å²) in [6.07, 6.45) is 5.92. The topological polar surface area (TPSA) is 32.3 Å². The highest BCUT2D eigenvalue weighted by Crippen LogP contribution is 2.27. The molecule has 1 amide bonds. The van der Waals surface area contributed by atoms with Crippen LogP contribution in [0.1, 0.15) is 43.7 Å². The minimum Gasteiger partial charge on any atom is -0.354 e. The molecule has 2 fully saturated rings. The molecule has 1 aromatic rings. The van der Waals surface area contributed by atoms with Crippen LogP contribution in [-0.4, -0.2) is 30.4 Å². The predicted molar refractivity (Wildman–Crippen MR) is 80.3 cm³/mol. The Morgan fingerprint density at radius 3 is 2.45 bits per heavy atom. The first kappa shape index (κ1) is 13.6. The number of carbonyl (C=O) groups excluding carboxylic acids is 1. The van der Waals surface area contributed by atoms with Crippen LogP contribution in [0.15, 0.2) is 30.3 Å². The minimum absolute atomic E-state index is 0.261. The smallest absolute Gasteiger partial charge is 0.223 e. The molecule has 0 spiro atoms. The van der Waals surface area contributed by atoms with Gasteiger partial charge in [-0.05, 0) is 44.3 Å². The lowest BCUT2D eigenvalue weighted by molar-refractivity contribution is -0.127. The van der Waals surface area contributed by atoms with Crippen LogP contribution in [0.4, 0.5) is 0 Å². The second-order valence-electron chi connectivity index (χ2n) is 6.04. The van der Waals surface area contributed by atoms with Gasteiger partial charge in [-0.3, -0.25) is 9.69 Å². The lowest BCUT2D eigenvalue weighted by Crippen LogP contribution is -2.40. The maximum Gasteiger partial charge on any atom is 0.223 e. The molecule has 108 valence electrons. The Morgan fingerprint density at radius 1 is 1.15 bits per heavy atom. The van der Waals surface area contributed by atoms with Crippen LogP contribution in [0.3, 0.4) is 0 Å². The van der Waals surface area contributed by atoms with E-state index in [0.717, 1.165) is 32.5 Å². The zero-order chi connectivity index (χ0) is 13.8. The SMILES string of the molecule is O=C(NCC(c1ccccc1)N1CCCC1)C1CCC1. The third-order valence-corrected chi connectivity index (χ3v) is 4.71. The molecule has 3 heteroatoms. The molecule has 1 N–H and O–H groups in total. The molecule has 3 rings (SSSR count). The molecule has 1 saturated carbocycles. The van der Waals surface area contributed by atoms with Crippen LogP contribution >= 0.6 is 0 Å². The standard InChI is InChI=1S/C17H24N2O/c20-17(15-9-6-10-15)18-13-16(19-11-4-5-12-19)14-7-2-1-3-8-14/h1-3,7-8,15-16H,4-6,9-13H2,(H,18,20). The molecule has 0 radical (unpaired) electrons. The minimum atomic E-state index is 0.261. The van der Waals surface area contributed by atoms with Crippen molar-refractivity contribution in [1.29, 1.82) is 0 Å². The number of rotatable bonds is 5. The van der Waals surface area contributed by atoms with Crippen molar-refractivity contribution < 1.29 is 4.79 Å². The van der Waals surface area contributed by atoms with Crippen molar-refractivity contribution in [1.82, 2.24) is 10.2 Å². The van der Waals surface area contributed by atoms with E-state index in [4.69, 9.17) is 0 Å². The number of nitrogens with zero attached hydrogens (tertiary/aromatic N) is 1. The monoisotopic (exact) mass is 272 g/mol. The Labute approximate surface area is 121 Å². The first-order valence-corrected chi connectivity index (χ1v) is 7.91. The molecule has 1 aliphatic carbocycles. The summed E-state index contributed by atoms with van der Waals surface area (Å²) in [5.74, 6) is 0.543. The summed E-state index contributed by atoms with van der Waals surface area (Å²) >= 11 is 0. The number of hydrogen-bond donors (Lipinski definition) is 1. The van der Waals surface area contributed by atoms with Crippen molar-refractivity contribution in [3.05, 3.63) is 35.9 Å². The highest BCUT2D eigenvalue weighted by molar-refractivity contribution is 5.79. The van der Waals surface area contributed by atoms with Gasteiger partial charge in [-0.1, -0.05) is 36.8 Å². The van der Waals surface area contributed by atoms with Gasteiger partial charge in [0.1, 0.15) is 0 Å². The van der Waals surface area contributed by atoms with Crippen molar-refractivity contribution in [3.8, 4) is 0 Å². The molecular weight excluding hydrogens is 248 g/mol. The summed E-state index contributed by atoms with van der Waals surface area (Å²) in [7, 11) is 0. The molecule has 1 unspecified atom stereocenters. The van der Waals surface area contributed by atoms with Crippen molar-refractivity contribution in [3.63, 3.8) is 0 Å². The maximum atomic E-state index is 12.0. The van der Waals surface area contributed by atoms with Crippen molar-refractivity contribution in [2.75, 3.05) is 19.6 Å². The average molecular weight is 272 g/mol. The van der Waals surface area contributed by atoms with Crippen molar-refractivity contribution >= 4 is 5.91 Å². The molecule has 2 aliphatic rings. The highest BCUT2D eigenvalue weighted by Gasteiger charge is 2.28. The van der Waals surface area contributed by atoms with E-state index in [1.165, 1.54) is 24.8 Å². The van der Waals surface area contributed by atoms with Gasteiger partial charge in [0.25, 0.3) is 0 Å². The number of hydrogen-bond acceptors (Lipinski definition) is 2. The van der Waals surface area contributed by atoms with Crippen molar-refractivity contribution in [2.45, 2.75) is 38.1 Å². The summed E-state index contributed by atoms with van der Waals surface area (Å²) in [5.41, 5.74) is 1.32. The van der Waals surface area contributed by atoms with Crippen LogP contribution in [0.25, 0.3) is 0 Å². The van der Waals surface area contributed by atoms with Crippen molar-refractivity contribution in [2.24, 2.45) is 5.92 Å². The van der Waals surface area contributed by atoms with E-state index in [0.29, 0.717) is 6.04 Å². The van der Waals surface area contributed by atoms with E-state index in [2.05, 4.69) is 40.5 Å².